The molecule has 1 amide bonds. The molecule has 1 aliphatic rings. The summed E-state index contributed by atoms with van der Waals surface area (Å²) in [6, 6.07) is 8.39. The lowest BCUT2D eigenvalue weighted by Gasteiger charge is -2.27. The molecule has 0 spiro atoms. The van der Waals surface area contributed by atoms with Crippen molar-refractivity contribution in [3.63, 3.8) is 0 Å². The van der Waals surface area contributed by atoms with Crippen LogP contribution >= 0.6 is 11.8 Å². The number of aromatic nitrogens is 3. The van der Waals surface area contributed by atoms with Crippen LogP contribution < -0.4 is 5.32 Å². The van der Waals surface area contributed by atoms with Crippen molar-refractivity contribution in [1.29, 1.82) is 0 Å². The highest BCUT2D eigenvalue weighted by Crippen LogP contribution is 2.24. The van der Waals surface area contributed by atoms with E-state index in [0.29, 0.717) is 5.75 Å². The average molecular weight is 418 g/mol. The van der Waals surface area contributed by atoms with Crippen LogP contribution in [0.3, 0.4) is 0 Å². The van der Waals surface area contributed by atoms with Crippen LogP contribution in [0, 0.1) is 6.92 Å². The van der Waals surface area contributed by atoms with E-state index in [2.05, 4.69) is 57.9 Å². The number of nitrogens with zero attached hydrogens (tertiary/aromatic N) is 4. The number of rotatable bonds is 9. The van der Waals surface area contributed by atoms with Gasteiger partial charge in [0.2, 0.25) is 5.91 Å². The smallest absolute Gasteiger partial charge is 0.230 e. The number of amides is 1. The van der Waals surface area contributed by atoms with Crippen molar-refractivity contribution >= 4 is 17.7 Å². The van der Waals surface area contributed by atoms with E-state index in [0.717, 1.165) is 62.4 Å². The van der Waals surface area contributed by atoms with Gasteiger partial charge in [-0.2, -0.15) is 0 Å². The summed E-state index contributed by atoms with van der Waals surface area (Å²) < 4.78 is 7.44. The molecule has 1 aliphatic heterocycles. The van der Waals surface area contributed by atoms with Gasteiger partial charge in [-0.3, -0.25) is 9.69 Å². The van der Waals surface area contributed by atoms with Crippen LogP contribution in [0.4, 0.5) is 0 Å². The minimum atomic E-state index is 0.0345. The Morgan fingerprint density at radius 3 is 2.83 bits per heavy atom. The molecule has 29 heavy (non-hydrogen) atoms. The van der Waals surface area contributed by atoms with Crippen molar-refractivity contribution in [2.45, 2.75) is 44.9 Å². The Morgan fingerprint density at radius 1 is 1.31 bits per heavy atom. The van der Waals surface area contributed by atoms with Gasteiger partial charge in [-0.15, -0.1) is 10.2 Å². The molecular weight excluding hydrogens is 386 g/mol. The van der Waals surface area contributed by atoms with Crippen LogP contribution in [-0.2, 0) is 16.1 Å². The van der Waals surface area contributed by atoms with Crippen molar-refractivity contribution in [3.8, 4) is 11.4 Å². The van der Waals surface area contributed by atoms with Crippen molar-refractivity contribution in [2.75, 3.05) is 38.6 Å². The van der Waals surface area contributed by atoms with E-state index in [-0.39, 0.29) is 11.9 Å². The molecule has 2 aromatic rings. The number of ether oxygens (including phenoxy) is 1. The summed E-state index contributed by atoms with van der Waals surface area (Å²) in [5.74, 6) is 1.22. The summed E-state index contributed by atoms with van der Waals surface area (Å²) in [5.41, 5.74) is 2.24. The number of thioether (sulfide) groups is 1. The molecule has 7 nitrogen and oxygen atoms in total. The number of morpholine rings is 1. The highest BCUT2D eigenvalue weighted by molar-refractivity contribution is 7.99. The molecule has 0 saturated carbocycles. The van der Waals surface area contributed by atoms with E-state index in [1.165, 1.54) is 17.3 Å². The Kier molecular flexibility index (Phi) is 8.09. The highest BCUT2D eigenvalue weighted by atomic mass is 32.2. The number of hydrogen-bond donors (Lipinski definition) is 1. The fraction of sp³-hybridized carbons (Fsp3) is 0.571. The summed E-state index contributed by atoms with van der Waals surface area (Å²) in [5, 5.41) is 12.6. The molecule has 1 aromatic carbocycles. The van der Waals surface area contributed by atoms with Gasteiger partial charge in [0.05, 0.1) is 19.0 Å². The molecule has 0 aliphatic carbocycles. The zero-order chi connectivity index (χ0) is 20.6. The zero-order valence-corrected chi connectivity index (χ0v) is 18.4. The first-order valence-electron chi connectivity index (χ1n) is 10.3. The van der Waals surface area contributed by atoms with Crippen molar-refractivity contribution in [2.24, 2.45) is 0 Å². The first-order valence-corrected chi connectivity index (χ1v) is 11.3. The molecule has 1 fully saturated rings. The molecule has 1 N–H and O–H groups in total. The highest BCUT2D eigenvalue weighted by Gasteiger charge is 2.16. The van der Waals surface area contributed by atoms with Crippen molar-refractivity contribution < 1.29 is 9.53 Å². The molecule has 2 heterocycles. The van der Waals surface area contributed by atoms with Crippen LogP contribution in [0.2, 0.25) is 0 Å². The standard InChI is InChI=1S/C21H31N5O2S/c1-4-26-20(18-7-5-6-16(2)14-18)23-24-21(26)29-15-19(27)22-17(3)8-9-25-10-12-28-13-11-25/h5-7,14,17H,4,8-13,15H2,1-3H3,(H,22,27). The number of hydrogen-bond acceptors (Lipinski definition) is 6. The zero-order valence-electron chi connectivity index (χ0n) is 17.6. The number of aryl methyl sites for hydroxylation is 1. The van der Waals surface area contributed by atoms with E-state index < -0.39 is 0 Å². The SMILES string of the molecule is CCn1c(SCC(=O)NC(C)CCN2CCOCC2)nnc1-c1cccc(C)c1. The van der Waals surface area contributed by atoms with Gasteiger partial charge < -0.3 is 14.6 Å². The molecular formula is C21H31N5O2S. The molecule has 8 heteroatoms. The lowest BCUT2D eigenvalue weighted by molar-refractivity contribution is -0.119. The molecule has 1 atom stereocenters. The second-order valence-electron chi connectivity index (χ2n) is 7.42. The lowest BCUT2D eigenvalue weighted by Crippen LogP contribution is -2.40. The lowest BCUT2D eigenvalue weighted by atomic mass is 10.1. The topological polar surface area (TPSA) is 72.3 Å². The van der Waals surface area contributed by atoms with Gasteiger partial charge in [-0.25, -0.2) is 0 Å². The predicted molar refractivity (Wildman–Crippen MR) is 116 cm³/mol. The number of benzene rings is 1. The van der Waals surface area contributed by atoms with Gasteiger partial charge in [0, 0.05) is 37.8 Å². The number of carbonyl (C=O) groups excluding carboxylic acids is 1. The number of carbonyl (C=O) groups is 1. The quantitative estimate of drug-likeness (QED) is 0.633. The van der Waals surface area contributed by atoms with E-state index in [9.17, 15) is 4.79 Å². The Hall–Kier alpha value is -1.90. The monoisotopic (exact) mass is 417 g/mol. The van der Waals surface area contributed by atoms with E-state index in [4.69, 9.17) is 4.74 Å². The second kappa shape index (κ2) is 10.8. The van der Waals surface area contributed by atoms with Gasteiger partial charge in [-0.1, -0.05) is 35.5 Å². The Bertz CT molecular complexity index is 804. The van der Waals surface area contributed by atoms with E-state index in [1.807, 2.05) is 12.1 Å². The minimum absolute atomic E-state index is 0.0345. The fourth-order valence-corrected chi connectivity index (χ4v) is 4.21. The average Bonchev–Trinajstić information content (AvgIpc) is 3.14. The maximum absolute atomic E-state index is 12.4. The van der Waals surface area contributed by atoms with Crippen LogP contribution in [0.5, 0.6) is 0 Å². The first-order chi connectivity index (χ1) is 14.1. The maximum Gasteiger partial charge on any atom is 0.230 e. The Morgan fingerprint density at radius 2 is 2.10 bits per heavy atom. The first kappa shape index (κ1) is 21.8. The molecule has 1 saturated heterocycles. The van der Waals surface area contributed by atoms with Gasteiger partial charge >= 0.3 is 0 Å². The van der Waals surface area contributed by atoms with Crippen LogP contribution in [0.1, 0.15) is 25.8 Å². The molecule has 158 valence electrons. The Balaban J connectivity index is 1.49. The summed E-state index contributed by atoms with van der Waals surface area (Å²) in [6.45, 7) is 11.5. The normalized spacial score (nSPS) is 16.0. The second-order valence-corrected chi connectivity index (χ2v) is 8.36. The predicted octanol–water partition coefficient (Wildman–Crippen LogP) is 2.59. The van der Waals surface area contributed by atoms with Crippen LogP contribution in [0.15, 0.2) is 29.4 Å². The van der Waals surface area contributed by atoms with Crippen LogP contribution in [0.25, 0.3) is 11.4 Å². The Labute approximate surface area is 177 Å². The van der Waals surface area contributed by atoms with Crippen molar-refractivity contribution in [1.82, 2.24) is 25.0 Å². The van der Waals surface area contributed by atoms with E-state index >= 15 is 0 Å². The minimum Gasteiger partial charge on any atom is -0.379 e. The van der Waals surface area contributed by atoms with Gasteiger partial charge in [0.1, 0.15) is 0 Å². The van der Waals surface area contributed by atoms with Crippen LogP contribution in [-0.4, -0.2) is 70.2 Å². The molecule has 0 bridgehead atoms. The van der Waals surface area contributed by atoms with Crippen molar-refractivity contribution in [3.05, 3.63) is 29.8 Å². The summed E-state index contributed by atoms with van der Waals surface area (Å²) in [6.07, 6.45) is 0.944. The van der Waals surface area contributed by atoms with E-state index in [1.54, 1.807) is 0 Å². The number of nitrogens with one attached hydrogen (secondary N) is 1. The van der Waals surface area contributed by atoms with Gasteiger partial charge in [-0.05, 0) is 33.3 Å². The maximum atomic E-state index is 12.4. The summed E-state index contributed by atoms with van der Waals surface area (Å²) in [7, 11) is 0. The molecule has 0 radical (unpaired) electrons. The molecule has 3 rings (SSSR count). The molecule has 1 unspecified atom stereocenters. The third-order valence-electron chi connectivity index (χ3n) is 5.03. The summed E-state index contributed by atoms with van der Waals surface area (Å²) in [4.78, 5) is 14.8. The largest absolute Gasteiger partial charge is 0.379 e. The van der Waals surface area contributed by atoms with Gasteiger partial charge in [0.15, 0.2) is 11.0 Å². The third kappa shape index (κ3) is 6.29. The summed E-state index contributed by atoms with van der Waals surface area (Å²) >= 11 is 1.44. The third-order valence-corrected chi connectivity index (χ3v) is 6.00. The molecule has 1 aromatic heterocycles. The van der Waals surface area contributed by atoms with Gasteiger partial charge in [0.25, 0.3) is 0 Å². The fourth-order valence-electron chi connectivity index (χ4n) is 3.40.